The molecule has 0 bridgehead atoms. The molecule has 1 aliphatic rings. The zero-order chi connectivity index (χ0) is 15.2. The van der Waals surface area contributed by atoms with Crippen molar-refractivity contribution in [3.63, 3.8) is 0 Å². The Morgan fingerprint density at radius 2 is 2.33 bits per heavy atom. The topological polar surface area (TPSA) is 64.3 Å². The monoisotopic (exact) mass is 310 g/mol. The van der Waals surface area contributed by atoms with Gasteiger partial charge in [-0.15, -0.1) is 0 Å². The average molecular weight is 310 g/mol. The van der Waals surface area contributed by atoms with E-state index < -0.39 is 5.82 Å². The average Bonchev–Trinajstić information content (AvgIpc) is 2.97. The molecular weight excluding hydrogens is 291 g/mol. The number of nitrogens with one attached hydrogen (secondary N) is 1. The maximum absolute atomic E-state index is 13.8. The largest absolute Gasteiger partial charge is 0.389 e. The van der Waals surface area contributed by atoms with E-state index in [1.165, 1.54) is 6.07 Å². The van der Waals surface area contributed by atoms with Crippen LogP contribution in [0.3, 0.4) is 0 Å². The summed E-state index contributed by atoms with van der Waals surface area (Å²) in [5.41, 5.74) is 6.34. The predicted molar refractivity (Wildman–Crippen MR) is 82.3 cm³/mol. The van der Waals surface area contributed by atoms with Gasteiger partial charge < -0.3 is 15.8 Å². The van der Waals surface area contributed by atoms with Gasteiger partial charge in [0, 0.05) is 30.7 Å². The first-order valence-corrected chi connectivity index (χ1v) is 7.43. The molecule has 114 valence electrons. The van der Waals surface area contributed by atoms with E-state index in [-0.39, 0.29) is 23.5 Å². The smallest absolute Gasteiger partial charge is 0.220 e. The molecule has 0 saturated carbocycles. The summed E-state index contributed by atoms with van der Waals surface area (Å²) in [4.78, 5) is 11.9. The molecule has 0 radical (unpaired) electrons. The molecule has 1 aliphatic heterocycles. The van der Waals surface area contributed by atoms with Gasteiger partial charge in [-0.1, -0.05) is 24.4 Å². The lowest BCUT2D eigenvalue weighted by atomic mass is 10.1. The van der Waals surface area contributed by atoms with E-state index in [2.05, 4.69) is 5.32 Å². The Labute approximate surface area is 128 Å². The van der Waals surface area contributed by atoms with Crippen molar-refractivity contribution in [1.29, 1.82) is 0 Å². The molecule has 1 heterocycles. The molecule has 1 saturated heterocycles. The van der Waals surface area contributed by atoms with Crippen LogP contribution in [0.5, 0.6) is 0 Å². The number of carbonyl (C=O) groups excluding carboxylic acids is 1. The molecule has 1 fully saturated rings. The van der Waals surface area contributed by atoms with Crippen LogP contribution in [-0.2, 0) is 16.1 Å². The standard InChI is InChI=1S/C15H19FN2O2S/c16-13-8-10(15(17)21)3-4-11(13)9-18-14(19)6-5-12-2-1-7-20-12/h3-4,8,12H,1-2,5-7,9H2,(H2,17,21)(H,18,19). The molecule has 1 aromatic carbocycles. The summed E-state index contributed by atoms with van der Waals surface area (Å²) < 4.78 is 19.3. The minimum Gasteiger partial charge on any atom is -0.389 e. The maximum atomic E-state index is 13.8. The van der Waals surface area contributed by atoms with E-state index in [1.54, 1.807) is 12.1 Å². The normalized spacial score (nSPS) is 17.7. The lowest BCUT2D eigenvalue weighted by Gasteiger charge is -2.10. The molecule has 6 heteroatoms. The van der Waals surface area contributed by atoms with Crippen LogP contribution < -0.4 is 11.1 Å². The van der Waals surface area contributed by atoms with Crippen molar-refractivity contribution in [1.82, 2.24) is 5.32 Å². The summed E-state index contributed by atoms with van der Waals surface area (Å²) in [6.07, 6.45) is 3.39. The quantitative estimate of drug-likeness (QED) is 0.789. The number of halogens is 1. The number of rotatable bonds is 6. The molecule has 1 unspecified atom stereocenters. The second kappa shape index (κ2) is 7.47. The van der Waals surface area contributed by atoms with Gasteiger partial charge in [-0.25, -0.2) is 4.39 Å². The number of hydrogen-bond acceptors (Lipinski definition) is 3. The van der Waals surface area contributed by atoms with Crippen molar-refractivity contribution in [2.75, 3.05) is 6.61 Å². The zero-order valence-corrected chi connectivity index (χ0v) is 12.5. The van der Waals surface area contributed by atoms with Crippen LogP contribution in [0.15, 0.2) is 18.2 Å². The Hall–Kier alpha value is -1.53. The van der Waals surface area contributed by atoms with Crippen LogP contribution in [0, 0.1) is 5.82 Å². The third-order valence-corrected chi connectivity index (χ3v) is 3.77. The van der Waals surface area contributed by atoms with Gasteiger partial charge in [-0.05, 0) is 25.3 Å². The third kappa shape index (κ3) is 4.75. The fraction of sp³-hybridized carbons (Fsp3) is 0.467. The summed E-state index contributed by atoms with van der Waals surface area (Å²) in [7, 11) is 0. The third-order valence-electron chi connectivity index (χ3n) is 3.53. The molecule has 0 aromatic heterocycles. The maximum Gasteiger partial charge on any atom is 0.220 e. The van der Waals surface area contributed by atoms with Crippen LogP contribution in [0.1, 0.15) is 36.8 Å². The van der Waals surface area contributed by atoms with Crippen molar-refractivity contribution in [3.05, 3.63) is 35.1 Å². The minimum atomic E-state index is -0.417. The predicted octanol–water partition coefficient (Wildman–Crippen LogP) is 2.04. The summed E-state index contributed by atoms with van der Waals surface area (Å²) in [6, 6.07) is 4.53. The van der Waals surface area contributed by atoms with Crippen LogP contribution in [0.25, 0.3) is 0 Å². The second-order valence-electron chi connectivity index (χ2n) is 5.12. The molecule has 1 atom stereocenters. The van der Waals surface area contributed by atoms with Crippen LogP contribution in [0.4, 0.5) is 4.39 Å². The Bertz CT molecular complexity index is 530. The first kappa shape index (κ1) is 15.9. The van der Waals surface area contributed by atoms with Gasteiger partial charge in [0.15, 0.2) is 0 Å². The number of hydrogen-bond donors (Lipinski definition) is 2. The summed E-state index contributed by atoms with van der Waals surface area (Å²) in [5.74, 6) is -0.511. The van der Waals surface area contributed by atoms with Crippen LogP contribution >= 0.6 is 12.2 Å². The van der Waals surface area contributed by atoms with E-state index >= 15 is 0 Å². The van der Waals surface area contributed by atoms with Crippen LogP contribution in [0.2, 0.25) is 0 Å². The Morgan fingerprint density at radius 1 is 1.52 bits per heavy atom. The van der Waals surface area contributed by atoms with E-state index in [1.807, 2.05) is 0 Å². The number of amides is 1. The number of benzene rings is 1. The van der Waals surface area contributed by atoms with E-state index in [9.17, 15) is 9.18 Å². The van der Waals surface area contributed by atoms with Gasteiger partial charge in [0.25, 0.3) is 0 Å². The Kier molecular flexibility index (Phi) is 5.64. The van der Waals surface area contributed by atoms with E-state index in [0.29, 0.717) is 24.0 Å². The number of ether oxygens (including phenoxy) is 1. The molecule has 4 nitrogen and oxygen atoms in total. The summed E-state index contributed by atoms with van der Waals surface area (Å²) in [5, 5.41) is 2.71. The van der Waals surface area contributed by atoms with Crippen molar-refractivity contribution in [3.8, 4) is 0 Å². The first-order chi connectivity index (χ1) is 10.1. The SMILES string of the molecule is NC(=S)c1ccc(CNC(=O)CCC2CCCO2)c(F)c1. The zero-order valence-electron chi connectivity index (χ0n) is 11.7. The molecule has 1 amide bonds. The summed E-state index contributed by atoms with van der Waals surface area (Å²) >= 11 is 4.79. The van der Waals surface area contributed by atoms with Crippen molar-refractivity contribution >= 4 is 23.1 Å². The Balaban J connectivity index is 1.79. The fourth-order valence-electron chi connectivity index (χ4n) is 2.29. The van der Waals surface area contributed by atoms with Gasteiger partial charge in [-0.2, -0.15) is 0 Å². The number of thiocarbonyl (C=S) groups is 1. The van der Waals surface area contributed by atoms with Gasteiger partial charge in [0.05, 0.1) is 6.10 Å². The fourth-order valence-corrected chi connectivity index (χ4v) is 2.42. The molecule has 3 N–H and O–H groups in total. The molecule has 2 rings (SSSR count). The van der Waals surface area contributed by atoms with Gasteiger partial charge in [0.2, 0.25) is 5.91 Å². The molecular formula is C15H19FN2O2S. The van der Waals surface area contributed by atoms with Crippen molar-refractivity contribution in [2.45, 2.75) is 38.3 Å². The first-order valence-electron chi connectivity index (χ1n) is 7.03. The summed E-state index contributed by atoms with van der Waals surface area (Å²) in [6.45, 7) is 0.945. The minimum absolute atomic E-state index is 0.0941. The lowest BCUT2D eigenvalue weighted by Crippen LogP contribution is -2.24. The highest BCUT2D eigenvalue weighted by atomic mass is 32.1. The highest BCUT2D eigenvalue weighted by Gasteiger charge is 2.16. The highest BCUT2D eigenvalue weighted by molar-refractivity contribution is 7.80. The van der Waals surface area contributed by atoms with Crippen molar-refractivity contribution in [2.24, 2.45) is 5.73 Å². The van der Waals surface area contributed by atoms with Gasteiger partial charge in [0.1, 0.15) is 10.8 Å². The molecule has 0 aliphatic carbocycles. The Morgan fingerprint density at radius 3 is 2.95 bits per heavy atom. The lowest BCUT2D eigenvalue weighted by molar-refractivity contribution is -0.121. The van der Waals surface area contributed by atoms with E-state index in [0.717, 1.165) is 19.4 Å². The van der Waals surface area contributed by atoms with E-state index in [4.69, 9.17) is 22.7 Å². The van der Waals surface area contributed by atoms with Crippen molar-refractivity contribution < 1.29 is 13.9 Å². The molecule has 1 aromatic rings. The second-order valence-corrected chi connectivity index (χ2v) is 5.56. The highest BCUT2D eigenvalue weighted by Crippen LogP contribution is 2.16. The van der Waals surface area contributed by atoms with Crippen LogP contribution in [-0.4, -0.2) is 23.6 Å². The molecule has 21 heavy (non-hydrogen) atoms. The van der Waals surface area contributed by atoms with Gasteiger partial charge >= 0.3 is 0 Å². The number of carbonyl (C=O) groups is 1. The number of nitrogens with two attached hydrogens (primary N) is 1. The molecule has 0 spiro atoms. The van der Waals surface area contributed by atoms with Gasteiger partial charge in [-0.3, -0.25) is 4.79 Å².